The van der Waals surface area contributed by atoms with Crippen molar-refractivity contribution in [2.45, 2.75) is 90.9 Å². The summed E-state index contributed by atoms with van der Waals surface area (Å²) in [6.07, 6.45) is 16.7. The fourth-order valence-electron chi connectivity index (χ4n) is 8.33. The molecule has 0 radical (unpaired) electrons. The second kappa shape index (κ2) is 4.64. The number of hydrogen-bond donors (Lipinski definition) is 0. The summed E-state index contributed by atoms with van der Waals surface area (Å²) in [7, 11) is 0. The van der Waals surface area contributed by atoms with E-state index in [0.717, 1.165) is 35.5 Å². The van der Waals surface area contributed by atoms with Gasteiger partial charge in [0.15, 0.2) is 0 Å². The lowest BCUT2D eigenvalue weighted by Crippen LogP contribution is -2.54. The van der Waals surface area contributed by atoms with E-state index in [1.807, 2.05) is 0 Å². The van der Waals surface area contributed by atoms with Gasteiger partial charge < -0.3 is 0 Å². The van der Waals surface area contributed by atoms with Crippen molar-refractivity contribution in [2.75, 3.05) is 0 Å². The molecule has 0 aromatic heterocycles. The van der Waals surface area contributed by atoms with Crippen molar-refractivity contribution in [3.63, 3.8) is 0 Å². The lowest BCUT2D eigenvalue weighted by molar-refractivity contribution is -0.144. The molecule has 1 nitrogen and oxygen atoms in total. The normalized spacial score (nSPS) is 53.6. The molecule has 5 fully saturated rings. The van der Waals surface area contributed by atoms with Crippen LogP contribution in [0.3, 0.4) is 0 Å². The number of carbonyl (C=O) groups is 1. The van der Waals surface area contributed by atoms with Crippen molar-refractivity contribution in [3.05, 3.63) is 0 Å². The lowest BCUT2D eigenvalue weighted by atomic mass is 9.43. The third-order valence-electron chi connectivity index (χ3n) is 9.96. The quantitative estimate of drug-likeness (QED) is 0.600. The van der Waals surface area contributed by atoms with Crippen LogP contribution in [0.25, 0.3) is 0 Å². The Morgan fingerprint density at radius 1 is 0.957 bits per heavy atom. The van der Waals surface area contributed by atoms with Gasteiger partial charge in [-0.05, 0) is 105 Å². The molecule has 5 rings (SSSR count). The van der Waals surface area contributed by atoms with E-state index in [9.17, 15) is 4.79 Å². The molecule has 5 aliphatic carbocycles. The molecule has 5 aliphatic rings. The van der Waals surface area contributed by atoms with Gasteiger partial charge in [0.2, 0.25) is 0 Å². The summed E-state index contributed by atoms with van der Waals surface area (Å²) in [6.45, 7) is 4.82. The SMILES string of the molecule is CCC12CCC3(CC3)CC1CCC1C3CCC(=O)C3(C)CCC12. The van der Waals surface area contributed by atoms with Crippen molar-refractivity contribution < 1.29 is 4.79 Å². The number of carbonyl (C=O) groups excluding carboxylic acids is 1. The minimum Gasteiger partial charge on any atom is -0.299 e. The van der Waals surface area contributed by atoms with Gasteiger partial charge in [-0.15, -0.1) is 0 Å². The topological polar surface area (TPSA) is 17.1 Å². The Morgan fingerprint density at radius 2 is 1.74 bits per heavy atom. The zero-order valence-electron chi connectivity index (χ0n) is 15.2. The molecule has 0 bridgehead atoms. The molecular formula is C22H34O. The largest absolute Gasteiger partial charge is 0.299 e. The fraction of sp³-hybridized carbons (Fsp3) is 0.955. The minimum absolute atomic E-state index is 0.0648. The van der Waals surface area contributed by atoms with Crippen molar-refractivity contribution in [1.29, 1.82) is 0 Å². The molecule has 0 aromatic rings. The van der Waals surface area contributed by atoms with E-state index in [2.05, 4.69) is 13.8 Å². The Bertz CT molecular complexity index is 532. The first-order valence-corrected chi connectivity index (χ1v) is 10.6. The Labute approximate surface area is 142 Å². The van der Waals surface area contributed by atoms with Gasteiger partial charge in [-0.1, -0.05) is 13.8 Å². The predicted molar refractivity (Wildman–Crippen MR) is 93.0 cm³/mol. The molecule has 6 unspecified atom stereocenters. The number of rotatable bonds is 1. The van der Waals surface area contributed by atoms with Crippen molar-refractivity contribution in [2.24, 2.45) is 39.9 Å². The maximum atomic E-state index is 12.5. The van der Waals surface area contributed by atoms with Gasteiger partial charge in [0, 0.05) is 11.8 Å². The number of hydrogen-bond acceptors (Lipinski definition) is 1. The smallest absolute Gasteiger partial charge is 0.139 e. The summed E-state index contributed by atoms with van der Waals surface area (Å²) in [5.74, 6) is 4.19. The van der Waals surface area contributed by atoms with E-state index < -0.39 is 0 Å². The van der Waals surface area contributed by atoms with Crippen LogP contribution in [-0.2, 0) is 4.79 Å². The van der Waals surface area contributed by atoms with Crippen LogP contribution < -0.4 is 0 Å². The second-order valence-corrected chi connectivity index (χ2v) is 10.4. The molecule has 6 atom stereocenters. The predicted octanol–water partition coefficient (Wildman–Crippen LogP) is 5.77. The Kier molecular flexibility index (Phi) is 3.02. The van der Waals surface area contributed by atoms with Gasteiger partial charge in [-0.25, -0.2) is 0 Å². The number of fused-ring (bicyclic) bond motifs is 5. The van der Waals surface area contributed by atoms with Crippen molar-refractivity contribution in [3.8, 4) is 0 Å². The standard InChI is InChI=1S/C22H34O/c1-3-22-13-12-21(10-11-21)14-15(22)4-5-16-17-6-7-19(23)20(17,2)9-8-18(16)22/h15-18H,3-14H2,1-2H3. The van der Waals surface area contributed by atoms with Gasteiger partial charge in [-0.3, -0.25) is 4.79 Å². The highest BCUT2D eigenvalue weighted by Gasteiger charge is 2.63. The second-order valence-electron chi connectivity index (χ2n) is 10.4. The molecule has 0 saturated heterocycles. The number of ketones is 1. The fourth-order valence-corrected chi connectivity index (χ4v) is 8.33. The third kappa shape index (κ3) is 1.83. The number of Topliss-reactive ketones (excluding diaryl/α,β-unsaturated/α-hetero) is 1. The van der Waals surface area contributed by atoms with Crippen molar-refractivity contribution >= 4 is 5.78 Å². The van der Waals surface area contributed by atoms with E-state index in [4.69, 9.17) is 0 Å². The monoisotopic (exact) mass is 314 g/mol. The van der Waals surface area contributed by atoms with Crippen LogP contribution in [0.15, 0.2) is 0 Å². The van der Waals surface area contributed by atoms with E-state index >= 15 is 0 Å². The van der Waals surface area contributed by atoms with Crippen LogP contribution in [0.4, 0.5) is 0 Å². The van der Waals surface area contributed by atoms with Crippen LogP contribution >= 0.6 is 0 Å². The van der Waals surface area contributed by atoms with E-state index in [1.165, 1.54) is 64.2 Å². The Balaban J connectivity index is 1.47. The molecule has 0 heterocycles. The average Bonchev–Trinajstić information content (AvgIpc) is 3.24. The van der Waals surface area contributed by atoms with Crippen LogP contribution in [0.5, 0.6) is 0 Å². The van der Waals surface area contributed by atoms with E-state index in [-0.39, 0.29) is 5.41 Å². The van der Waals surface area contributed by atoms with E-state index in [1.54, 1.807) is 6.42 Å². The Morgan fingerprint density at radius 3 is 2.48 bits per heavy atom. The summed E-state index contributed by atoms with van der Waals surface area (Å²) in [5, 5.41) is 0. The van der Waals surface area contributed by atoms with Gasteiger partial charge in [0.05, 0.1) is 0 Å². The molecule has 5 saturated carbocycles. The van der Waals surface area contributed by atoms with E-state index in [0.29, 0.717) is 11.2 Å². The first-order valence-electron chi connectivity index (χ1n) is 10.6. The molecule has 0 N–H and O–H groups in total. The van der Waals surface area contributed by atoms with Crippen molar-refractivity contribution in [1.82, 2.24) is 0 Å². The molecule has 23 heavy (non-hydrogen) atoms. The molecule has 1 spiro atoms. The third-order valence-corrected chi connectivity index (χ3v) is 9.96. The first-order chi connectivity index (χ1) is 11.0. The van der Waals surface area contributed by atoms with Gasteiger partial charge in [-0.2, -0.15) is 0 Å². The first kappa shape index (κ1) is 15.0. The average molecular weight is 315 g/mol. The molecule has 0 aliphatic heterocycles. The highest BCUT2D eigenvalue weighted by molar-refractivity contribution is 5.87. The molecule has 0 aromatic carbocycles. The molecular weight excluding hydrogens is 280 g/mol. The molecule has 1 heteroatoms. The molecule has 0 amide bonds. The highest BCUT2D eigenvalue weighted by atomic mass is 16.1. The summed E-state index contributed by atoms with van der Waals surface area (Å²) >= 11 is 0. The summed E-state index contributed by atoms with van der Waals surface area (Å²) < 4.78 is 0. The maximum Gasteiger partial charge on any atom is 0.139 e. The van der Waals surface area contributed by atoms with Gasteiger partial charge in [0.25, 0.3) is 0 Å². The molecule has 128 valence electrons. The van der Waals surface area contributed by atoms with Crippen LogP contribution in [0.1, 0.15) is 90.9 Å². The zero-order chi connectivity index (χ0) is 15.9. The van der Waals surface area contributed by atoms with Crippen LogP contribution in [-0.4, -0.2) is 5.78 Å². The summed E-state index contributed by atoms with van der Waals surface area (Å²) in [6, 6.07) is 0. The van der Waals surface area contributed by atoms with Gasteiger partial charge >= 0.3 is 0 Å². The van der Waals surface area contributed by atoms with Crippen LogP contribution in [0.2, 0.25) is 0 Å². The summed E-state index contributed by atoms with van der Waals surface area (Å²) in [4.78, 5) is 12.5. The Hall–Kier alpha value is -0.330. The minimum atomic E-state index is 0.0648. The highest BCUT2D eigenvalue weighted by Crippen LogP contribution is 2.71. The maximum absolute atomic E-state index is 12.5. The van der Waals surface area contributed by atoms with Crippen LogP contribution in [0, 0.1) is 39.9 Å². The van der Waals surface area contributed by atoms with Gasteiger partial charge in [0.1, 0.15) is 5.78 Å². The summed E-state index contributed by atoms with van der Waals surface area (Å²) in [5.41, 5.74) is 1.53. The zero-order valence-corrected chi connectivity index (χ0v) is 15.2. The lowest BCUT2D eigenvalue weighted by Gasteiger charge is -2.61.